The van der Waals surface area contributed by atoms with Crippen molar-refractivity contribution in [1.82, 2.24) is 14.5 Å². The molecule has 0 spiro atoms. The van der Waals surface area contributed by atoms with Crippen molar-refractivity contribution in [2.24, 2.45) is 10.9 Å². The number of hydrogen-bond acceptors (Lipinski definition) is 5. The minimum Gasteiger partial charge on any atom is -0.409 e. The van der Waals surface area contributed by atoms with Crippen LogP contribution in [0.5, 0.6) is 0 Å². The smallest absolute Gasteiger partial charge is 0.303 e. The molecule has 1 aromatic heterocycles. The van der Waals surface area contributed by atoms with Gasteiger partial charge in [-0.3, -0.25) is 9.82 Å². The summed E-state index contributed by atoms with van der Waals surface area (Å²) in [7, 11) is -3.70. The van der Waals surface area contributed by atoms with E-state index in [2.05, 4.69) is 20.1 Å². The zero-order chi connectivity index (χ0) is 14.8. The standard InChI is InChI=1S/C10H18N6O3S/c1-7-4-2-3-5-16(7)20(18,19)15-10-8(6-12-13-10)9(11)14-17/h6-7,17H,2-5H2,1H3,(H2,11,14)(H2,12,13,15). The van der Waals surface area contributed by atoms with Gasteiger partial charge in [0.1, 0.15) is 5.82 Å². The lowest BCUT2D eigenvalue weighted by molar-refractivity contribution is 0.270. The van der Waals surface area contributed by atoms with Gasteiger partial charge in [-0.1, -0.05) is 11.6 Å². The largest absolute Gasteiger partial charge is 0.409 e. The molecule has 2 rings (SSSR count). The Morgan fingerprint density at radius 2 is 2.40 bits per heavy atom. The van der Waals surface area contributed by atoms with Crippen LogP contribution in [0.15, 0.2) is 11.4 Å². The van der Waals surface area contributed by atoms with Gasteiger partial charge in [0.25, 0.3) is 0 Å². The van der Waals surface area contributed by atoms with Crippen molar-refractivity contribution < 1.29 is 13.6 Å². The lowest BCUT2D eigenvalue weighted by atomic mass is 10.1. The summed E-state index contributed by atoms with van der Waals surface area (Å²) in [5.41, 5.74) is 5.65. The third kappa shape index (κ3) is 2.85. The lowest BCUT2D eigenvalue weighted by Crippen LogP contribution is -2.45. The Hall–Kier alpha value is -1.81. The molecule has 10 heteroatoms. The summed E-state index contributed by atoms with van der Waals surface area (Å²) in [6, 6.07) is -0.0588. The molecule has 1 unspecified atom stereocenters. The molecule has 0 bridgehead atoms. The molecule has 1 aliphatic heterocycles. The predicted molar refractivity (Wildman–Crippen MR) is 73.7 cm³/mol. The quantitative estimate of drug-likeness (QED) is 0.269. The highest BCUT2D eigenvalue weighted by molar-refractivity contribution is 7.90. The van der Waals surface area contributed by atoms with Crippen molar-refractivity contribution in [1.29, 1.82) is 0 Å². The van der Waals surface area contributed by atoms with Crippen LogP contribution in [0.1, 0.15) is 31.7 Å². The first kappa shape index (κ1) is 14.6. The number of nitrogens with two attached hydrogens (primary N) is 1. The molecule has 0 aliphatic carbocycles. The number of piperidine rings is 1. The molecule has 1 aromatic rings. The summed E-state index contributed by atoms with van der Waals surface area (Å²) in [4.78, 5) is 0. The van der Waals surface area contributed by atoms with Crippen molar-refractivity contribution in [3.8, 4) is 0 Å². The number of amidine groups is 1. The molecule has 0 aromatic carbocycles. The molecule has 1 fully saturated rings. The van der Waals surface area contributed by atoms with E-state index in [0.29, 0.717) is 6.54 Å². The monoisotopic (exact) mass is 302 g/mol. The first-order chi connectivity index (χ1) is 9.45. The fraction of sp³-hybridized carbons (Fsp3) is 0.600. The van der Waals surface area contributed by atoms with E-state index in [1.807, 2.05) is 6.92 Å². The van der Waals surface area contributed by atoms with Gasteiger partial charge in [0, 0.05) is 12.6 Å². The van der Waals surface area contributed by atoms with Gasteiger partial charge in [0.05, 0.1) is 11.8 Å². The highest BCUT2D eigenvalue weighted by Gasteiger charge is 2.30. The Balaban J connectivity index is 2.22. The number of aromatic amines is 1. The molecule has 0 radical (unpaired) electrons. The van der Waals surface area contributed by atoms with Crippen LogP contribution >= 0.6 is 0 Å². The second-order valence-electron chi connectivity index (χ2n) is 4.71. The van der Waals surface area contributed by atoms with E-state index in [-0.39, 0.29) is 23.3 Å². The fourth-order valence-electron chi connectivity index (χ4n) is 2.23. The van der Waals surface area contributed by atoms with Crippen molar-refractivity contribution >= 4 is 21.9 Å². The number of rotatable bonds is 4. The first-order valence-electron chi connectivity index (χ1n) is 6.26. The molecule has 1 saturated heterocycles. The molecular formula is C10H18N6O3S. The van der Waals surface area contributed by atoms with Crippen LogP contribution < -0.4 is 10.5 Å². The van der Waals surface area contributed by atoms with E-state index in [1.165, 1.54) is 10.5 Å². The van der Waals surface area contributed by atoms with Crippen molar-refractivity contribution in [2.75, 3.05) is 11.3 Å². The van der Waals surface area contributed by atoms with Gasteiger partial charge in [-0.2, -0.15) is 17.8 Å². The van der Waals surface area contributed by atoms with E-state index in [4.69, 9.17) is 10.9 Å². The number of hydrogen-bond donors (Lipinski definition) is 4. The lowest BCUT2D eigenvalue weighted by Gasteiger charge is -2.32. The van der Waals surface area contributed by atoms with E-state index in [1.54, 1.807) is 0 Å². The van der Waals surface area contributed by atoms with Gasteiger partial charge in [0.15, 0.2) is 5.84 Å². The molecule has 20 heavy (non-hydrogen) atoms. The van der Waals surface area contributed by atoms with Gasteiger partial charge < -0.3 is 10.9 Å². The summed E-state index contributed by atoms with van der Waals surface area (Å²) in [6.45, 7) is 2.35. The average Bonchev–Trinajstić information content (AvgIpc) is 2.85. The zero-order valence-electron chi connectivity index (χ0n) is 11.1. The topological polar surface area (TPSA) is 137 Å². The molecule has 9 nitrogen and oxygen atoms in total. The van der Waals surface area contributed by atoms with Crippen LogP contribution in [0.25, 0.3) is 0 Å². The maximum atomic E-state index is 12.4. The Labute approximate surface area is 117 Å². The van der Waals surface area contributed by atoms with Crippen molar-refractivity contribution in [2.45, 2.75) is 32.2 Å². The van der Waals surface area contributed by atoms with Crippen LogP contribution in [0.3, 0.4) is 0 Å². The van der Waals surface area contributed by atoms with Gasteiger partial charge >= 0.3 is 10.2 Å². The summed E-state index contributed by atoms with van der Waals surface area (Å²) < 4.78 is 28.5. The van der Waals surface area contributed by atoms with Gasteiger partial charge in [0.2, 0.25) is 0 Å². The number of aromatic nitrogens is 2. The maximum absolute atomic E-state index is 12.4. The molecular weight excluding hydrogens is 284 g/mol. The fourth-order valence-corrected chi connectivity index (χ4v) is 3.71. The van der Waals surface area contributed by atoms with Gasteiger partial charge in [-0.15, -0.1) is 0 Å². The van der Waals surface area contributed by atoms with Crippen LogP contribution in [-0.4, -0.2) is 46.5 Å². The summed E-state index contributed by atoms with van der Waals surface area (Å²) in [5, 5.41) is 17.7. The highest BCUT2D eigenvalue weighted by Crippen LogP contribution is 2.22. The molecule has 1 aliphatic rings. The number of oxime groups is 1. The Bertz CT molecular complexity index is 596. The van der Waals surface area contributed by atoms with Crippen molar-refractivity contribution in [3.63, 3.8) is 0 Å². The van der Waals surface area contributed by atoms with Crippen molar-refractivity contribution in [3.05, 3.63) is 11.8 Å². The zero-order valence-corrected chi connectivity index (χ0v) is 11.9. The second-order valence-corrected chi connectivity index (χ2v) is 6.33. The van der Waals surface area contributed by atoms with E-state index in [9.17, 15) is 8.42 Å². The third-order valence-electron chi connectivity index (χ3n) is 3.30. The summed E-state index contributed by atoms with van der Waals surface area (Å²) in [5.74, 6) is -0.138. The minimum atomic E-state index is -3.70. The average molecular weight is 302 g/mol. The SMILES string of the molecule is CC1CCCCN1S(=O)(=O)Nc1[nH]ncc1C(N)=NO. The molecule has 2 heterocycles. The molecule has 5 N–H and O–H groups in total. The Morgan fingerprint density at radius 1 is 1.65 bits per heavy atom. The van der Waals surface area contributed by atoms with Gasteiger partial charge in [-0.05, 0) is 19.8 Å². The van der Waals surface area contributed by atoms with Crippen LogP contribution in [0.2, 0.25) is 0 Å². The third-order valence-corrected chi connectivity index (χ3v) is 4.93. The predicted octanol–water partition coefficient (Wildman–Crippen LogP) is 0.0353. The minimum absolute atomic E-state index is 0.0588. The number of anilines is 1. The number of nitrogens with one attached hydrogen (secondary N) is 2. The number of H-pyrrole nitrogens is 1. The first-order valence-corrected chi connectivity index (χ1v) is 7.70. The van der Waals surface area contributed by atoms with Gasteiger partial charge in [-0.25, -0.2) is 0 Å². The van der Waals surface area contributed by atoms with Crippen LogP contribution in [-0.2, 0) is 10.2 Å². The highest BCUT2D eigenvalue weighted by atomic mass is 32.2. The maximum Gasteiger partial charge on any atom is 0.303 e. The summed E-state index contributed by atoms with van der Waals surface area (Å²) >= 11 is 0. The summed E-state index contributed by atoms with van der Waals surface area (Å²) in [6.07, 6.45) is 3.97. The second kappa shape index (κ2) is 5.67. The van der Waals surface area contributed by atoms with E-state index >= 15 is 0 Å². The normalized spacial score (nSPS) is 21.9. The molecule has 112 valence electrons. The van der Waals surface area contributed by atoms with Crippen LogP contribution in [0, 0.1) is 0 Å². The van der Waals surface area contributed by atoms with Crippen LogP contribution in [0.4, 0.5) is 5.82 Å². The molecule has 1 atom stereocenters. The number of nitrogens with zero attached hydrogens (tertiary/aromatic N) is 3. The van der Waals surface area contributed by atoms with E-state index in [0.717, 1.165) is 19.3 Å². The Kier molecular flexibility index (Phi) is 4.14. The molecule has 0 saturated carbocycles. The van der Waals surface area contributed by atoms with E-state index < -0.39 is 10.2 Å². The Morgan fingerprint density at radius 3 is 3.05 bits per heavy atom. The molecule has 0 amide bonds.